The summed E-state index contributed by atoms with van der Waals surface area (Å²) in [6.07, 6.45) is 2.67. The number of imidazole rings is 1. The van der Waals surface area contributed by atoms with E-state index >= 15 is 0 Å². The number of piperazine rings is 1. The van der Waals surface area contributed by atoms with Gasteiger partial charge in [0.05, 0.1) is 30.5 Å². The second-order valence-corrected chi connectivity index (χ2v) is 12.5. The largest absolute Gasteiger partial charge is 0.469 e. The van der Waals surface area contributed by atoms with Crippen molar-refractivity contribution in [2.24, 2.45) is 11.8 Å². The Morgan fingerprint density at radius 2 is 1.73 bits per heavy atom. The van der Waals surface area contributed by atoms with Crippen LogP contribution >= 0.6 is 0 Å². The van der Waals surface area contributed by atoms with E-state index in [-0.39, 0.29) is 46.5 Å². The molecule has 2 fully saturated rings. The SMILES string of the molecule is COC(=O)C1CC(C(=O)N2CCN(C(=O)c3cn4nc(-c5ccc(F)cc5)cc(C(C)(C)C)c4n3)C(C)(C)C2)C1. The van der Waals surface area contributed by atoms with Crippen LogP contribution in [0, 0.1) is 17.7 Å². The number of amides is 2. The number of benzene rings is 1. The van der Waals surface area contributed by atoms with Gasteiger partial charge in [-0.15, -0.1) is 0 Å². The summed E-state index contributed by atoms with van der Waals surface area (Å²) in [7, 11) is 1.36. The lowest BCUT2D eigenvalue weighted by Crippen LogP contribution is -2.63. The van der Waals surface area contributed by atoms with E-state index in [1.165, 1.54) is 19.2 Å². The Morgan fingerprint density at radius 1 is 1.05 bits per heavy atom. The fourth-order valence-corrected chi connectivity index (χ4v) is 5.69. The van der Waals surface area contributed by atoms with Gasteiger partial charge in [-0.3, -0.25) is 14.4 Å². The van der Waals surface area contributed by atoms with Gasteiger partial charge in [-0.1, -0.05) is 20.8 Å². The van der Waals surface area contributed by atoms with Gasteiger partial charge in [0, 0.05) is 36.7 Å². The first-order valence-corrected chi connectivity index (χ1v) is 13.6. The normalized spacial score (nSPS) is 20.8. The summed E-state index contributed by atoms with van der Waals surface area (Å²) in [5.74, 6) is -1.17. The van der Waals surface area contributed by atoms with Crippen LogP contribution < -0.4 is 0 Å². The Labute approximate surface area is 233 Å². The van der Waals surface area contributed by atoms with E-state index in [1.54, 1.807) is 32.6 Å². The molecule has 10 heteroatoms. The molecule has 0 spiro atoms. The zero-order chi connectivity index (χ0) is 29.0. The molecule has 212 valence electrons. The molecule has 0 unspecified atom stereocenters. The van der Waals surface area contributed by atoms with E-state index in [9.17, 15) is 18.8 Å². The molecule has 40 heavy (non-hydrogen) atoms. The van der Waals surface area contributed by atoms with Crippen molar-refractivity contribution in [3.8, 4) is 11.3 Å². The number of nitrogens with zero attached hydrogens (tertiary/aromatic N) is 5. The first-order valence-electron chi connectivity index (χ1n) is 13.6. The summed E-state index contributed by atoms with van der Waals surface area (Å²) < 4.78 is 19.9. The van der Waals surface area contributed by atoms with Gasteiger partial charge < -0.3 is 14.5 Å². The number of esters is 1. The van der Waals surface area contributed by atoms with Gasteiger partial charge in [-0.05, 0) is 62.4 Å². The maximum absolute atomic E-state index is 13.8. The number of ether oxygens (including phenoxy) is 1. The Bertz CT molecular complexity index is 1470. The van der Waals surface area contributed by atoms with Gasteiger partial charge in [0.2, 0.25) is 5.91 Å². The molecule has 1 saturated heterocycles. The number of aromatic nitrogens is 3. The highest BCUT2D eigenvalue weighted by atomic mass is 19.1. The molecule has 0 radical (unpaired) electrons. The van der Waals surface area contributed by atoms with Crippen LogP contribution in [0.5, 0.6) is 0 Å². The molecule has 1 aliphatic heterocycles. The van der Waals surface area contributed by atoms with E-state index in [0.717, 1.165) is 11.1 Å². The van der Waals surface area contributed by atoms with Crippen LogP contribution in [-0.4, -0.2) is 74.5 Å². The maximum Gasteiger partial charge on any atom is 0.308 e. The highest BCUT2D eigenvalue weighted by Crippen LogP contribution is 2.37. The summed E-state index contributed by atoms with van der Waals surface area (Å²) >= 11 is 0. The molecule has 9 nitrogen and oxygen atoms in total. The molecule has 2 aliphatic rings. The Balaban J connectivity index is 1.38. The predicted molar refractivity (Wildman–Crippen MR) is 147 cm³/mol. The first kappa shape index (κ1) is 27.7. The first-order chi connectivity index (χ1) is 18.8. The minimum Gasteiger partial charge on any atom is -0.469 e. The van der Waals surface area contributed by atoms with Gasteiger partial charge in [-0.2, -0.15) is 5.10 Å². The van der Waals surface area contributed by atoms with Crippen LogP contribution in [0.25, 0.3) is 16.9 Å². The highest BCUT2D eigenvalue weighted by molar-refractivity contribution is 5.94. The highest BCUT2D eigenvalue weighted by Gasteiger charge is 2.45. The zero-order valence-corrected chi connectivity index (χ0v) is 23.9. The van der Waals surface area contributed by atoms with Crippen molar-refractivity contribution in [3.63, 3.8) is 0 Å². The van der Waals surface area contributed by atoms with E-state index < -0.39 is 5.54 Å². The zero-order valence-electron chi connectivity index (χ0n) is 23.9. The van der Waals surface area contributed by atoms with Gasteiger partial charge in [0.1, 0.15) is 11.5 Å². The number of fused-ring (bicyclic) bond motifs is 1. The number of halogens is 1. The van der Waals surface area contributed by atoms with Crippen molar-refractivity contribution in [2.45, 2.75) is 58.4 Å². The molecule has 0 bridgehead atoms. The maximum atomic E-state index is 13.8. The van der Waals surface area contributed by atoms with Gasteiger partial charge in [0.15, 0.2) is 5.65 Å². The summed E-state index contributed by atoms with van der Waals surface area (Å²) in [6.45, 7) is 11.3. The van der Waals surface area contributed by atoms with Crippen LogP contribution in [-0.2, 0) is 19.7 Å². The van der Waals surface area contributed by atoms with Crippen molar-refractivity contribution in [1.82, 2.24) is 24.4 Å². The van der Waals surface area contributed by atoms with Crippen molar-refractivity contribution >= 4 is 23.4 Å². The Morgan fingerprint density at radius 3 is 2.33 bits per heavy atom. The number of hydrogen-bond donors (Lipinski definition) is 0. The topological polar surface area (TPSA) is 97.1 Å². The Hall–Kier alpha value is -3.82. The second kappa shape index (κ2) is 9.98. The third-order valence-electron chi connectivity index (χ3n) is 8.07. The van der Waals surface area contributed by atoms with E-state index in [2.05, 4.69) is 20.8 Å². The monoisotopic (exact) mass is 549 g/mol. The van der Waals surface area contributed by atoms with Gasteiger partial charge in [-0.25, -0.2) is 13.9 Å². The number of hydrogen-bond acceptors (Lipinski definition) is 6. The summed E-state index contributed by atoms with van der Waals surface area (Å²) in [6, 6.07) is 8.11. The average Bonchev–Trinajstić information content (AvgIpc) is 3.30. The molecule has 1 aliphatic carbocycles. The fraction of sp³-hybridized carbons (Fsp3) is 0.500. The molecule has 2 aromatic heterocycles. The molecule has 1 saturated carbocycles. The number of carbonyl (C=O) groups is 3. The van der Waals surface area contributed by atoms with E-state index in [0.29, 0.717) is 43.8 Å². The molecular formula is C30H36FN5O4. The van der Waals surface area contributed by atoms with Gasteiger partial charge >= 0.3 is 5.97 Å². The minimum absolute atomic E-state index is 0.0281. The molecule has 1 aromatic carbocycles. The van der Waals surface area contributed by atoms with Gasteiger partial charge in [0.25, 0.3) is 5.91 Å². The van der Waals surface area contributed by atoms with Crippen molar-refractivity contribution in [2.75, 3.05) is 26.7 Å². The number of methoxy groups -OCH3 is 1. The molecule has 5 rings (SSSR count). The third-order valence-corrected chi connectivity index (χ3v) is 8.07. The average molecular weight is 550 g/mol. The standard InChI is InChI=1S/C30H36FN5O4/c1-29(2,3)22-15-23(18-7-9-21(31)10-8-18)33-36-16-24(32-25(22)36)27(38)35-12-11-34(17-30(35,4)5)26(37)19-13-20(14-19)28(39)40-6/h7-10,15-16,19-20H,11-14,17H2,1-6H3. The van der Waals surface area contributed by atoms with E-state index in [4.69, 9.17) is 14.8 Å². The fourth-order valence-electron chi connectivity index (χ4n) is 5.69. The van der Waals surface area contributed by atoms with Crippen LogP contribution in [0.4, 0.5) is 4.39 Å². The van der Waals surface area contributed by atoms with Crippen molar-refractivity contribution in [3.05, 3.63) is 53.6 Å². The lowest BCUT2D eigenvalue weighted by Gasteiger charge is -2.48. The number of rotatable bonds is 4. The Kier molecular flexibility index (Phi) is 6.92. The van der Waals surface area contributed by atoms with Crippen molar-refractivity contribution in [1.29, 1.82) is 0 Å². The molecule has 3 heterocycles. The summed E-state index contributed by atoms with van der Waals surface area (Å²) in [4.78, 5) is 46.9. The third kappa shape index (κ3) is 5.07. The molecule has 0 N–H and O–H groups in total. The smallest absolute Gasteiger partial charge is 0.308 e. The molecule has 0 atom stereocenters. The lowest BCUT2D eigenvalue weighted by molar-refractivity contribution is -0.155. The summed E-state index contributed by atoms with van der Waals surface area (Å²) in [5, 5.41) is 4.70. The van der Waals surface area contributed by atoms with Crippen LogP contribution in [0.3, 0.4) is 0 Å². The van der Waals surface area contributed by atoms with Crippen LogP contribution in [0.2, 0.25) is 0 Å². The summed E-state index contributed by atoms with van der Waals surface area (Å²) in [5.41, 5.74) is 2.31. The molecular weight excluding hydrogens is 513 g/mol. The van der Waals surface area contributed by atoms with Crippen LogP contribution in [0.1, 0.15) is 63.5 Å². The quantitative estimate of drug-likeness (QED) is 0.455. The minimum atomic E-state index is -0.619. The lowest BCUT2D eigenvalue weighted by atomic mass is 9.74. The number of carbonyl (C=O) groups excluding carboxylic acids is 3. The van der Waals surface area contributed by atoms with E-state index in [1.807, 2.05) is 19.9 Å². The van der Waals surface area contributed by atoms with Crippen LogP contribution in [0.15, 0.2) is 36.5 Å². The second-order valence-electron chi connectivity index (χ2n) is 12.5. The van der Waals surface area contributed by atoms with Crippen molar-refractivity contribution < 1.29 is 23.5 Å². The molecule has 2 amide bonds. The molecule has 3 aromatic rings. The predicted octanol–water partition coefficient (Wildman–Crippen LogP) is 4.10.